The summed E-state index contributed by atoms with van der Waals surface area (Å²) >= 11 is 0. The maximum absolute atomic E-state index is 6.38. The highest BCUT2D eigenvalue weighted by Gasteiger charge is 2.31. The Morgan fingerprint density at radius 3 is 2.56 bits per heavy atom. The van der Waals surface area contributed by atoms with Crippen molar-refractivity contribution in [2.24, 2.45) is 17.6 Å². The third-order valence-corrected chi connectivity index (χ3v) is 4.33. The van der Waals surface area contributed by atoms with Gasteiger partial charge in [-0.25, -0.2) is 0 Å². The molecule has 1 aliphatic carbocycles. The molecule has 0 radical (unpaired) electrons. The molecule has 1 aliphatic heterocycles. The van der Waals surface area contributed by atoms with Crippen LogP contribution in [-0.4, -0.2) is 43.8 Å². The van der Waals surface area contributed by atoms with E-state index in [0.29, 0.717) is 5.92 Å². The van der Waals surface area contributed by atoms with E-state index in [1.54, 1.807) is 0 Å². The second-order valence-corrected chi connectivity index (χ2v) is 5.77. The predicted molar refractivity (Wildman–Crippen MR) is 66.3 cm³/mol. The van der Waals surface area contributed by atoms with Gasteiger partial charge in [0.25, 0.3) is 0 Å². The van der Waals surface area contributed by atoms with Crippen molar-refractivity contribution in [1.29, 1.82) is 0 Å². The molecule has 2 atom stereocenters. The lowest BCUT2D eigenvalue weighted by Crippen LogP contribution is -2.52. The summed E-state index contributed by atoms with van der Waals surface area (Å²) in [6.45, 7) is 5.25. The maximum Gasteiger partial charge on any atom is 0.0855 e. The number of rotatable bonds is 2. The van der Waals surface area contributed by atoms with E-state index in [4.69, 9.17) is 10.5 Å². The van der Waals surface area contributed by atoms with Gasteiger partial charge in [-0.3, -0.25) is 0 Å². The molecule has 2 unspecified atom stereocenters. The van der Waals surface area contributed by atoms with Crippen LogP contribution in [0.5, 0.6) is 0 Å². The molecule has 0 aromatic rings. The van der Waals surface area contributed by atoms with Gasteiger partial charge in [-0.05, 0) is 31.7 Å². The lowest BCUT2D eigenvalue weighted by atomic mass is 9.78. The minimum Gasteiger partial charge on any atom is -0.374 e. The maximum atomic E-state index is 6.38. The van der Waals surface area contributed by atoms with E-state index in [9.17, 15) is 0 Å². The number of hydrogen-bond donors (Lipinski definition) is 1. The molecule has 1 saturated heterocycles. The fourth-order valence-electron chi connectivity index (χ4n) is 3.02. The van der Waals surface area contributed by atoms with Crippen LogP contribution < -0.4 is 5.73 Å². The van der Waals surface area contributed by atoms with Gasteiger partial charge in [0.05, 0.1) is 12.7 Å². The molecule has 16 heavy (non-hydrogen) atoms. The van der Waals surface area contributed by atoms with Crippen molar-refractivity contribution in [2.75, 3.05) is 26.7 Å². The molecule has 0 spiro atoms. The topological polar surface area (TPSA) is 38.5 Å². The van der Waals surface area contributed by atoms with Crippen LogP contribution in [0.15, 0.2) is 0 Å². The largest absolute Gasteiger partial charge is 0.374 e. The minimum absolute atomic E-state index is 0.246. The van der Waals surface area contributed by atoms with Crippen molar-refractivity contribution >= 4 is 0 Å². The van der Waals surface area contributed by atoms with Crippen LogP contribution in [0.4, 0.5) is 0 Å². The second kappa shape index (κ2) is 5.48. The van der Waals surface area contributed by atoms with Crippen molar-refractivity contribution in [3.05, 3.63) is 0 Å². The predicted octanol–water partition coefficient (Wildman–Crippen LogP) is 1.47. The van der Waals surface area contributed by atoms with E-state index in [1.807, 2.05) is 0 Å². The Bertz CT molecular complexity index is 214. The number of likely N-dealkylation sites (N-methyl/N-ethyl adjacent to an activating group) is 1. The van der Waals surface area contributed by atoms with Crippen LogP contribution in [0.2, 0.25) is 0 Å². The van der Waals surface area contributed by atoms with Gasteiger partial charge < -0.3 is 15.4 Å². The van der Waals surface area contributed by atoms with Gasteiger partial charge in [0.2, 0.25) is 0 Å². The molecule has 3 heteroatoms. The normalized spacial score (nSPS) is 39.6. The average Bonchev–Trinajstić information content (AvgIpc) is 2.29. The fraction of sp³-hybridized carbons (Fsp3) is 1.00. The van der Waals surface area contributed by atoms with Gasteiger partial charge in [0.1, 0.15) is 0 Å². The summed E-state index contributed by atoms with van der Waals surface area (Å²) in [6.07, 6.45) is 5.55. The number of morpholine rings is 1. The molecule has 1 saturated carbocycles. The van der Waals surface area contributed by atoms with E-state index >= 15 is 0 Å². The van der Waals surface area contributed by atoms with Crippen molar-refractivity contribution < 1.29 is 4.74 Å². The molecule has 0 aromatic carbocycles. The summed E-state index contributed by atoms with van der Waals surface area (Å²) in [4.78, 5) is 2.33. The number of nitrogens with two attached hydrogens (primary N) is 1. The summed E-state index contributed by atoms with van der Waals surface area (Å²) in [6, 6.07) is 0.246. The van der Waals surface area contributed by atoms with Gasteiger partial charge in [-0.1, -0.05) is 19.8 Å². The molecule has 1 heterocycles. The lowest BCUT2D eigenvalue weighted by Gasteiger charge is -2.39. The van der Waals surface area contributed by atoms with Gasteiger partial charge in [0, 0.05) is 19.1 Å². The first-order chi connectivity index (χ1) is 7.66. The van der Waals surface area contributed by atoms with Crippen molar-refractivity contribution in [1.82, 2.24) is 4.90 Å². The number of nitrogens with zero attached hydrogens (tertiary/aromatic N) is 1. The van der Waals surface area contributed by atoms with Gasteiger partial charge in [0.15, 0.2) is 0 Å². The minimum atomic E-state index is 0.246. The van der Waals surface area contributed by atoms with E-state index in [-0.39, 0.29) is 12.1 Å². The van der Waals surface area contributed by atoms with Crippen molar-refractivity contribution in [2.45, 2.75) is 44.8 Å². The fourth-order valence-corrected chi connectivity index (χ4v) is 3.02. The molecule has 94 valence electrons. The van der Waals surface area contributed by atoms with E-state index in [0.717, 1.165) is 25.6 Å². The average molecular weight is 226 g/mol. The van der Waals surface area contributed by atoms with E-state index in [2.05, 4.69) is 18.9 Å². The zero-order chi connectivity index (χ0) is 11.5. The first-order valence-electron chi connectivity index (χ1n) is 6.72. The van der Waals surface area contributed by atoms with E-state index < -0.39 is 0 Å². The SMILES string of the molecule is CC1CCC(C(N)C2CN(C)CCO2)CC1. The van der Waals surface area contributed by atoms with Crippen molar-refractivity contribution in [3.8, 4) is 0 Å². The van der Waals surface area contributed by atoms with Crippen LogP contribution >= 0.6 is 0 Å². The van der Waals surface area contributed by atoms with Crippen LogP contribution in [0.1, 0.15) is 32.6 Å². The van der Waals surface area contributed by atoms with Crippen molar-refractivity contribution in [3.63, 3.8) is 0 Å². The molecule has 0 amide bonds. The molecule has 2 fully saturated rings. The highest BCUT2D eigenvalue weighted by Crippen LogP contribution is 2.31. The van der Waals surface area contributed by atoms with Crippen LogP contribution in [0, 0.1) is 11.8 Å². The highest BCUT2D eigenvalue weighted by molar-refractivity contribution is 4.87. The molecule has 2 rings (SSSR count). The Morgan fingerprint density at radius 1 is 1.25 bits per heavy atom. The standard InChI is InChI=1S/C13H26N2O/c1-10-3-5-11(6-4-10)13(14)12-9-15(2)7-8-16-12/h10-13H,3-9,14H2,1-2H3. The quantitative estimate of drug-likeness (QED) is 0.775. The first-order valence-corrected chi connectivity index (χ1v) is 6.72. The lowest BCUT2D eigenvalue weighted by molar-refractivity contribution is -0.0453. The summed E-state index contributed by atoms with van der Waals surface area (Å²) in [7, 11) is 2.16. The Balaban J connectivity index is 1.84. The second-order valence-electron chi connectivity index (χ2n) is 5.77. The molecule has 0 bridgehead atoms. The van der Waals surface area contributed by atoms with Gasteiger partial charge >= 0.3 is 0 Å². The van der Waals surface area contributed by atoms with Crippen LogP contribution in [0.3, 0.4) is 0 Å². The highest BCUT2D eigenvalue weighted by atomic mass is 16.5. The van der Waals surface area contributed by atoms with Gasteiger partial charge in [-0.15, -0.1) is 0 Å². The molecule has 3 nitrogen and oxygen atoms in total. The summed E-state index contributed by atoms with van der Waals surface area (Å²) in [5.74, 6) is 1.59. The summed E-state index contributed by atoms with van der Waals surface area (Å²) < 4.78 is 5.82. The van der Waals surface area contributed by atoms with Gasteiger partial charge in [-0.2, -0.15) is 0 Å². The smallest absolute Gasteiger partial charge is 0.0855 e. The molecular formula is C13H26N2O. The van der Waals surface area contributed by atoms with E-state index in [1.165, 1.54) is 25.7 Å². The molecular weight excluding hydrogens is 200 g/mol. The summed E-state index contributed by atoms with van der Waals surface area (Å²) in [5, 5.41) is 0. The number of ether oxygens (including phenoxy) is 1. The zero-order valence-corrected chi connectivity index (χ0v) is 10.7. The Labute approximate surface area is 99.3 Å². The molecule has 2 aliphatic rings. The zero-order valence-electron chi connectivity index (χ0n) is 10.7. The Morgan fingerprint density at radius 2 is 1.94 bits per heavy atom. The monoisotopic (exact) mass is 226 g/mol. The number of hydrogen-bond acceptors (Lipinski definition) is 3. The third kappa shape index (κ3) is 2.96. The third-order valence-electron chi connectivity index (χ3n) is 4.33. The first kappa shape index (κ1) is 12.3. The summed E-state index contributed by atoms with van der Waals surface area (Å²) in [5.41, 5.74) is 6.38. The molecule has 0 aromatic heterocycles. The van der Waals surface area contributed by atoms with Crippen LogP contribution in [0.25, 0.3) is 0 Å². The van der Waals surface area contributed by atoms with Crippen LogP contribution in [-0.2, 0) is 4.74 Å². The Hall–Kier alpha value is -0.120. The Kier molecular flexibility index (Phi) is 4.22. The molecule has 2 N–H and O–H groups in total.